The molecule has 1 aromatic heterocycles. The SMILES string of the molecule is CC(C)(O)CC(=O)NCC1OCCc2cn(Cc3ccccc3)nc21. The molecule has 6 nitrogen and oxygen atoms in total. The fourth-order valence-electron chi connectivity index (χ4n) is 3.00. The Balaban J connectivity index is 1.64. The van der Waals surface area contributed by atoms with Gasteiger partial charge in [0.2, 0.25) is 5.91 Å². The first-order valence-corrected chi connectivity index (χ1v) is 8.61. The molecular weight excluding hydrogens is 318 g/mol. The number of aliphatic hydroxyl groups is 1. The highest BCUT2D eigenvalue weighted by molar-refractivity contribution is 5.76. The van der Waals surface area contributed by atoms with Gasteiger partial charge in [0.25, 0.3) is 0 Å². The van der Waals surface area contributed by atoms with Crippen LogP contribution >= 0.6 is 0 Å². The molecule has 134 valence electrons. The number of aromatic nitrogens is 2. The molecule has 1 aliphatic heterocycles. The molecule has 25 heavy (non-hydrogen) atoms. The van der Waals surface area contributed by atoms with Crippen molar-refractivity contribution in [2.45, 2.75) is 44.9 Å². The number of carbonyl (C=O) groups is 1. The third-order valence-corrected chi connectivity index (χ3v) is 4.13. The topological polar surface area (TPSA) is 76.4 Å². The van der Waals surface area contributed by atoms with E-state index in [9.17, 15) is 9.90 Å². The lowest BCUT2D eigenvalue weighted by Gasteiger charge is -2.23. The maximum Gasteiger partial charge on any atom is 0.222 e. The monoisotopic (exact) mass is 343 g/mol. The molecule has 2 aromatic rings. The van der Waals surface area contributed by atoms with Crippen molar-refractivity contribution in [3.05, 3.63) is 53.3 Å². The molecule has 3 rings (SSSR count). The summed E-state index contributed by atoms with van der Waals surface area (Å²) in [6, 6.07) is 10.2. The van der Waals surface area contributed by atoms with Crippen LogP contribution < -0.4 is 5.32 Å². The summed E-state index contributed by atoms with van der Waals surface area (Å²) < 4.78 is 7.73. The fraction of sp³-hybridized carbons (Fsp3) is 0.474. The van der Waals surface area contributed by atoms with Crippen LogP contribution in [0.3, 0.4) is 0 Å². The zero-order chi connectivity index (χ0) is 17.9. The minimum Gasteiger partial charge on any atom is -0.390 e. The minimum absolute atomic E-state index is 0.0645. The van der Waals surface area contributed by atoms with Crippen LogP contribution in [-0.2, 0) is 22.5 Å². The van der Waals surface area contributed by atoms with Gasteiger partial charge in [-0.25, -0.2) is 0 Å². The lowest BCUT2D eigenvalue weighted by molar-refractivity contribution is -0.125. The normalized spacial score (nSPS) is 17.2. The molecule has 0 radical (unpaired) electrons. The molecule has 1 atom stereocenters. The van der Waals surface area contributed by atoms with Crippen molar-refractivity contribution in [3.63, 3.8) is 0 Å². The van der Waals surface area contributed by atoms with Gasteiger partial charge in [0.05, 0.1) is 30.9 Å². The van der Waals surface area contributed by atoms with Crippen LogP contribution in [-0.4, -0.2) is 39.5 Å². The lowest BCUT2D eigenvalue weighted by Crippen LogP contribution is -2.36. The van der Waals surface area contributed by atoms with Gasteiger partial charge in [-0.05, 0) is 31.4 Å². The van der Waals surface area contributed by atoms with Crippen molar-refractivity contribution in [1.82, 2.24) is 15.1 Å². The highest BCUT2D eigenvalue weighted by Gasteiger charge is 2.26. The maximum absolute atomic E-state index is 11.9. The first kappa shape index (κ1) is 17.6. The zero-order valence-electron chi connectivity index (χ0n) is 14.7. The van der Waals surface area contributed by atoms with Gasteiger partial charge in [-0.3, -0.25) is 9.48 Å². The molecule has 0 spiro atoms. The van der Waals surface area contributed by atoms with Gasteiger partial charge in [0.1, 0.15) is 6.10 Å². The second-order valence-corrected chi connectivity index (χ2v) is 7.13. The Bertz CT molecular complexity index is 719. The Morgan fingerprint density at radius 2 is 2.16 bits per heavy atom. The van der Waals surface area contributed by atoms with Crippen molar-refractivity contribution in [1.29, 1.82) is 0 Å². The van der Waals surface area contributed by atoms with Crippen LogP contribution in [0.25, 0.3) is 0 Å². The number of nitrogens with one attached hydrogen (secondary N) is 1. The smallest absolute Gasteiger partial charge is 0.222 e. The molecule has 0 saturated heterocycles. The summed E-state index contributed by atoms with van der Waals surface area (Å²) in [4.78, 5) is 11.9. The van der Waals surface area contributed by atoms with E-state index in [0.717, 1.165) is 12.1 Å². The molecule has 1 aliphatic rings. The highest BCUT2D eigenvalue weighted by Crippen LogP contribution is 2.25. The Morgan fingerprint density at radius 1 is 1.40 bits per heavy atom. The highest BCUT2D eigenvalue weighted by atomic mass is 16.5. The van der Waals surface area contributed by atoms with Crippen LogP contribution in [0.5, 0.6) is 0 Å². The maximum atomic E-state index is 11.9. The third-order valence-electron chi connectivity index (χ3n) is 4.13. The number of nitrogens with zero attached hydrogens (tertiary/aromatic N) is 2. The Labute approximate surface area is 147 Å². The van der Waals surface area contributed by atoms with E-state index in [1.165, 1.54) is 11.1 Å². The third kappa shape index (κ3) is 4.90. The Morgan fingerprint density at radius 3 is 2.88 bits per heavy atom. The molecule has 1 aromatic carbocycles. The lowest BCUT2D eigenvalue weighted by atomic mass is 10.0. The van der Waals surface area contributed by atoms with Crippen LogP contribution in [0.1, 0.15) is 43.2 Å². The molecule has 0 bridgehead atoms. The number of ether oxygens (including phenoxy) is 1. The molecule has 0 fully saturated rings. The second-order valence-electron chi connectivity index (χ2n) is 7.13. The van der Waals surface area contributed by atoms with E-state index in [2.05, 4.69) is 28.7 Å². The number of amides is 1. The second kappa shape index (κ2) is 7.37. The van der Waals surface area contributed by atoms with Crippen molar-refractivity contribution in [2.24, 2.45) is 0 Å². The van der Waals surface area contributed by atoms with Gasteiger partial charge < -0.3 is 15.2 Å². The van der Waals surface area contributed by atoms with Crippen LogP contribution in [0.4, 0.5) is 0 Å². The van der Waals surface area contributed by atoms with Gasteiger partial charge in [0.15, 0.2) is 0 Å². The summed E-state index contributed by atoms with van der Waals surface area (Å²) in [5, 5.41) is 17.2. The number of fused-ring (bicyclic) bond motifs is 1. The first-order chi connectivity index (χ1) is 11.9. The van der Waals surface area contributed by atoms with E-state index in [4.69, 9.17) is 4.74 Å². The zero-order valence-corrected chi connectivity index (χ0v) is 14.7. The van der Waals surface area contributed by atoms with E-state index in [1.54, 1.807) is 13.8 Å². The van der Waals surface area contributed by atoms with E-state index in [0.29, 0.717) is 19.7 Å². The quantitative estimate of drug-likeness (QED) is 0.839. The van der Waals surface area contributed by atoms with Crippen LogP contribution in [0.15, 0.2) is 36.5 Å². The fourth-order valence-corrected chi connectivity index (χ4v) is 3.00. The summed E-state index contributed by atoms with van der Waals surface area (Å²) in [5.74, 6) is -0.188. The van der Waals surface area contributed by atoms with E-state index >= 15 is 0 Å². The summed E-state index contributed by atoms with van der Waals surface area (Å²) in [7, 11) is 0. The number of carbonyl (C=O) groups excluding carboxylic acids is 1. The van der Waals surface area contributed by atoms with Crippen molar-refractivity contribution < 1.29 is 14.6 Å². The van der Waals surface area contributed by atoms with Gasteiger partial charge in [-0.15, -0.1) is 0 Å². The summed E-state index contributed by atoms with van der Waals surface area (Å²) in [5.41, 5.74) is 2.24. The van der Waals surface area contributed by atoms with Gasteiger partial charge in [-0.2, -0.15) is 5.10 Å². The molecular formula is C19H25N3O3. The minimum atomic E-state index is -1.01. The average molecular weight is 343 g/mol. The number of rotatable bonds is 6. The molecule has 2 heterocycles. The average Bonchev–Trinajstić information content (AvgIpc) is 2.95. The molecule has 0 aliphatic carbocycles. The van der Waals surface area contributed by atoms with Gasteiger partial charge in [0, 0.05) is 12.7 Å². The molecule has 0 saturated carbocycles. The molecule has 2 N–H and O–H groups in total. The summed E-state index contributed by atoms with van der Waals surface area (Å²) >= 11 is 0. The Kier molecular flexibility index (Phi) is 5.20. The molecule has 6 heteroatoms. The van der Waals surface area contributed by atoms with E-state index in [1.807, 2.05) is 22.9 Å². The van der Waals surface area contributed by atoms with E-state index < -0.39 is 5.60 Å². The van der Waals surface area contributed by atoms with Gasteiger partial charge in [-0.1, -0.05) is 30.3 Å². The Hall–Kier alpha value is -2.18. The first-order valence-electron chi connectivity index (χ1n) is 8.61. The molecule has 1 unspecified atom stereocenters. The predicted octanol–water partition coefficient (Wildman–Crippen LogP) is 1.82. The van der Waals surface area contributed by atoms with Gasteiger partial charge >= 0.3 is 0 Å². The molecule has 1 amide bonds. The van der Waals surface area contributed by atoms with E-state index in [-0.39, 0.29) is 18.4 Å². The van der Waals surface area contributed by atoms with Crippen molar-refractivity contribution >= 4 is 5.91 Å². The van der Waals surface area contributed by atoms with Crippen LogP contribution in [0.2, 0.25) is 0 Å². The predicted molar refractivity (Wildman–Crippen MR) is 94.1 cm³/mol. The summed E-state index contributed by atoms with van der Waals surface area (Å²) in [6.45, 7) is 4.94. The largest absolute Gasteiger partial charge is 0.390 e. The summed E-state index contributed by atoms with van der Waals surface area (Å²) in [6.07, 6.45) is 2.72. The van der Waals surface area contributed by atoms with Crippen molar-refractivity contribution in [2.75, 3.05) is 13.2 Å². The van der Waals surface area contributed by atoms with Crippen molar-refractivity contribution in [3.8, 4) is 0 Å². The van der Waals surface area contributed by atoms with Crippen LogP contribution in [0, 0.1) is 0 Å². The standard InChI is InChI=1S/C19H25N3O3/c1-19(2,24)10-17(23)20-11-16-18-15(8-9-25-16)13-22(21-18)12-14-6-4-3-5-7-14/h3-7,13,16,24H,8-12H2,1-2H3,(H,20,23). The number of hydrogen-bond acceptors (Lipinski definition) is 4. The number of benzene rings is 1. The number of hydrogen-bond donors (Lipinski definition) is 2.